The summed E-state index contributed by atoms with van der Waals surface area (Å²) >= 11 is 0. The van der Waals surface area contributed by atoms with Gasteiger partial charge in [-0.25, -0.2) is 0 Å². The zero-order valence-corrected chi connectivity index (χ0v) is 15.9. The number of Topliss-reactive ketones (excluding diaryl/α,β-unsaturated/α-hetero) is 1. The number of ketones is 1. The molecule has 138 valence electrons. The highest BCUT2D eigenvalue weighted by molar-refractivity contribution is 5.88. The average Bonchev–Trinajstić information content (AvgIpc) is 2.62. The molecule has 0 saturated carbocycles. The number of hydrogen-bond donors (Lipinski definition) is 2. The van der Waals surface area contributed by atoms with Crippen molar-refractivity contribution in [3.05, 3.63) is 71.3 Å². The van der Waals surface area contributed by atoms with Gasteiger partial charge in [0.25, 0.3) is 5.91 Å². The highest BCUT2D eigenvalue weighted by Crippen LogP contribution is 2.05. The number of nitrogens with one attached hydrogen (secondary N) is 2. The van der Waals surface area contributed by atoms with Gasteiger partial charge in [-0.3, -0.25) is 9.59 Å². The van der Waals surface area contributed by atoms with Crippen molar-refractivity contribution in [2.45, 2.75) is 39.3 Å². The van der Waals surface area contributed by atoms with E-state index in [9.17, 15) is 9.59 Å². The second-order valence-corrected chi connectivity index (χ2v) is 6.90. The van der Waals surface area contributed by atoms with Crippen LogP contribution >= 0.6 is 0 Å². The summed E-state index contributed by atoms with van der Waals surface area (Å²) in [6.45, 7) is 4.78. The summed E-state index contributed by atoms with van der Waals surface area (Å²) in [6, 6.07) is 17.8. The third-order valence-corrected chi connectivity index (χ3v) is 4.51. The number of aryl methyl sites for hydroxylation is 1. The molecule has 1 unspecified atom stereocenters. The van der Waals surface area contributed by atoms with Gasteiger partial charge in [-0.15, -0.1) is 0 Å². The van der Waals surface area contributed by atoms with Crippen molar-refractivity contribution in [3.8, 4) is 0 Å². The molecule has 2 rings (SSSR count). The second-order valence-electron chi connectivity index (χ2n) is 6.90. The molecule has 0 spiro atoms. The highest BCUT2D eigenvalue weighted by Gasteiger charge is 2.19. The van der Waals surface area contributed by atoms with Gasteiger partial charge in [0.2, 0.25) is 0 Å². The van der Waals surface area contributed by atoms with E-state index in [0.29, 0.717) is 13.0 Å². The van der Waals surface area contributed by atoms with Crippen LogP contribution in [0, 0.1) is 0 Å². The van der Waals surface area contributed by atoms with E-state index in [1.807, 2.05) is 37.4 Å². The summed E-state index contributed by atoms with van der Waals surface area (Å²) in [5.41, 5.74) is 3.57. The van der Waals surface area contributed by atoms with Crippen LogP contribution in [0.5, 0.6) is 0 Å². The van der Waals surface area contributed by atoms with Crippen molar-refractivity contribution in [3.63, 3.8) is 0 Å². The fourth-order valence-corrected chi connectivity index (χ4v) is 2.97. The molecular formula is C22H29N2O2+. The maximum absolute atomic E-state index is 12.4. The minimum Gasteiger partial charge on any atom is -0.341 e. The standard InChI is InChI=1S/C22H28N2O2/c1-4-18-10-12-20(13-11-18)15-24(3)16-22(26)23-21(17(2)25)14-19-8-6-5-7-9-19/h5-13,21H,4,14-16H2,1-3H3,(H,23,26)/p+1/t21-/m1/s1. The van der Waals surface area contributed by atoms with E-state index in [0.717, 1.165) is 23.4 Å². The van der Waals surface area contributed by atoms with E-state index >= 15 is 0 Å². The molecule has 4 heteroatoms. The Morgan fingerprint density at radius 3 is 2.15 bits per heavy atom. The van der Waals surface area contributed by atoms with Gasteiger partial charge < -0.3 is 10.2 Å². The average molecular weight is 353 g/mol. The van der Waals surface area contributed by atoms with Crippen LogP contribution in [0.4, 0.5) is 0 Å². The number of hydrogen-bond acceptors (Lipinski definition) is 2. The Kier molecular flexibility index (Phi) is 7.54. The third kappa shape index (κ3) is 6.45. The van der Waals surface area contributed by atoms with E-state index in [2.05, 4.69) is 36.5 Å². The van der Waals surface area contributed by atoms with E-state index in [1.165, 1.54) is 18.1 Å². The normalized spacial score (nSPS) is 13.0. The molecule has 2 N–H and O–H groups in total. The lowest BCUT2D eigenvalue weighted by Gasteiger charge is -2.18. The first-order valence-corrected chi connectivity index (χ1v) is 9.20. The zero-order chi connectivity index (χ0) is 18.9. The minimum absolute atomic E-state index is 0.0185. The topological polar surface area (TPSA) is 50.6 Å². The summed E-state index contributed by atoms with van der Waals surface area (Å²) in [7, 11) is 1.99. The molecule has 1 amide bonds. The Balaban J connectivity index is 1.87. The molecule has 26 heavy (non-hydrogen) atoms. The largest absolute Gasteiger partial charge is 0.341 e. The van der Waals surface area contributed by atoms with Gasteiger partial charge in [-0.2, -0.15) is 0 Å². The summed E-state index contributed by atoms with van der Waals surface area (Å²) in [4.78, 5) is 25.4. The predicted octanol–water partition coefficient (Wildman–Crippen LogP) is 1.58. The van der Waals surface area contributed by atoms with Crippen molar-refractivity contribution in [1.82, 2.24) is 5.32 Å². The van der Waals surface area contributed by atoms with Crippen LogP contribution in [-0.2, 0) is 29.0 Å². The molecule has 0 saturated heterocycles. The van der Waals surface area contributed by atoms with Gasteiger partial charge in [-0.05, 0) is 30.9 Å². The second kappa shape index (κ2) is 9.88. The van der Waals surface area contributed by atoms with E-state index in [4.69, 9.17) is 0 Å². The summed E-state index contributed by atoms with van der Waals surface area (Å²) < 4.78 is 0. The number of benzene rings is 2. The van der Waals surface area contributed by atoms with Gasteiger partial charge >= 0.3 is 0 Å². The number of amides is 1. The van der Waals surface area contributed by atoms with Crippen LogP contribution in [0.3, 0.4) is 0 Å². The number of carbonyl (C=O) groups excluding carboxylic acids is 2. The van der Waals surface area contributed by atoms with Crippen molar-refractivity contribution < 1.29 is 14.5 Å². The molecule has 0 aromatic heterocycles. The van der Waals surface area contributed by atoms with Crippen LogP contribution in [0.1, 0.15) is 30.5 Å². The summed E-state index contributed by atoms with van der Waals surface area (Å²) in [5, 5.41) is 2.89. The van der Waals surface area contributed by atoms with Crippen LogP contribution < -0.4 is 10.2 Å². The Morgan fingerprint density at radius 1 is 0.962 bits per heavy atom. The molecule has 0 aliphatic heterocycles. The maximum atomic E-state index is 12.4. The lowest BCUT2D eigenvalue weighted by molar-refractivity contribution is -0.885. The fourth-order valence-electron chi connectivity index (χ4n) is 2.97. The molecule has 2 aromatic carbocycles. The molecule has 0 aliphatic carbocycles. The van der Waals surface area contributed by atoms with Crippen molar-refractivity contribution in [1.29, 1.82) is 0 Å². The van der Waals surface area contributed by atoms with Crippen LogP contribution in [0.15, 0.2) is 54.6 Å². The minimum atomic E-state index is -0.471. The number of carbonyl (C=O) groups is 2. The third-order valence-electron chi connectivity index (χ3n) is 4.51. The zero-order valence-electron chi connectivity index (χ0n) is 15.9. The van der Waals surface area contributed by atoms with Crippen molar-refractivity contribution in [2.24, 2.45) is 0 Å². The van der Waals surface area contributed by atoms with Gasteiger partial charge in [0.15, 0.2) is 12.3 Å². The lowest BCUT2D eigenvalue weighted by atomic mass is 10.0. The first kappa shape index (κ1) is 19.9. The van der Waals surface area contributed by atoms with Gasteiger partial charge in [0, 0.05) is 5.56 Å². The first-order chi connectivity index (χ1) is 12.5. The molecule has 0 heterocycles. The van der Waals surface area contributed by atoms with E-state index in [-0.39, 0.29) is 11.7 Å². The highest BCUT2D eigenvalue weighted by atomic mass is 16.2. The monoisotopic (exact) mass is 353 g/mol. The predicted molar refractivity (Wildman–Crippen MR) is 104 cm³/mol. The van der Waals surface area contributed by atoms with Gasteiger partial charge in [0.05, 0.1) is 13.1 Å². The smallest absolute Gasteiger partial charge is 0.275 e. The van der Waals surface area contributed by atoms with Gasteiger partial charge in [-0.1, -0.05) is 61.5 Å². The van der Waals surface area contributed by atoms with Crippen molar-refractivity contribution in [2.75, 3.05) is 13.6 Å². The Hall–Kier alpha value is -2.46. The van der Waals surface area contributed by atoms with E-state index in [1.54, 1.807) is 0 Å². The Morgan fingerprint density at radius 2 is 1.58 bits per heavy atom. The maximum Gasteiger partial charge on any atom is 0.275 e. The van der Waals surface area contributed by atoms with Crippen LogP contribution in [0.2, 0.25) is 0 Å². The molecule has 0 radical (unpaired) electrons. The molecule has 0 aliphatic rings. The lowest BCUT2D eigenvalue weighted by Crippen LogP contribution is -3.09. The SMILES string of the molecule is CCc1ccc(C[NH+](C)CC(=O)N[C@H](Cc2ccccc2)C(C)=O)cc1. The molecule has 2 atom stereocenters. The van der Waals surface area contributed by atoms with Crippen molar-refractivity contribution >= 4 is 11.7 Å². The number of likely N-dealkylation sites (N-methyl/N-ethyl adjacent to an activating group) is 1. The van der Waals surface area contributed by atoms with Gasteiger partial charge in [0.1, 0.15) is 6.54 Å². The number of rotatable bonds is 9. The number of quaternary nitrogens is 1. The molecule has 4 nitrogen and oxygen atoms in total. The molecule has 0 bridgehead atoms. The summed E-state index contributed by atoms with van der Waals surface area (Å²) in [6.07, 6.45) is 1.55. The molecular weight excluding hydrogens is 324 g/mol. The quantitative estimate of drug-likeness (QED) is 0.719. The summed E-state index contributed by atoms with van der Waals surface area (Å²) in [5.74, 6) is -0.112. The first-order valence-electron chi connectivity index (χ1n) is 9.20. The fraction of sp³-hybridized carbons (Fsp3) is 0.364. The van der Waals surface area contributed by atoms with Crippen LogP contribution in [-0.4, -0.2) is 31.3 Å². The Labute approximate surface area is 156 Å². The van der Waals surface area contributed by atoms with Crippen LogP contribution in [0.25, 0.3) is 0 Å². The Bertz CT molecular complexity index is 711. The van der Waals surface area contributed by atoms with E-state index < -0.39 is 6.04 Å². The molecule has 0 fully saturated rings. The molecule has 2 aromatic rings.